The summed E-state index contributed by atoms with van der Waals surface area (Å²) in [7, 11) is 0. The van der Waals surface area contributed by atoms with E-state index in [1.54, 1.807) is 0 Å². The molecule has 1 aliphatic rings. The zero-order valence-electron chi connectivity index (χ0n) is 18.0. The largest absolute Gasteiger partial charge is 0.481 e. The number of carbonyl (C=O) groups excluding carboxylic acids is 2. The third-order valence-electron chi connectivity index (χ3n) is 5.30. The van der Waals surface area contributed by atoms with Gasteiger partial charge in [-0.3, -0.25) is 9.59 Å². The minimum absolute atomic E-state index is 0.00768. The van der Waals surface area contributed by atoms with Crippen molar-refractivity contribution in [3.63, 3.8) is 0 Å². The van der Waals surface area contributed by atoms with Crippen LogP contribution in [0.2, 0.25) is 0 Å². The molecule has 0 saturated carbocycles. The average Bonchev–Trinajstić information content (AvgIpc) is 3.10. The van der Waals surface area contributed by atoms with Gasteiger partial charge in [-0.05, 0) is 28.7 Å². The molecule has 32 heavy (non-hydrogen) atoms. The standard InChI is InChI=1S/C24H28N2O5S/c1-2-7-21(23(29)25-12-13-32-15-22(27)28)26-24(30)31-14-20-18-10-5-3-8-16(18)17-9-4-6-11-19(17)20/h3-6,8-11,20-21H,2,7,12-15H2,1H3,(H,25,29)(H,26,30)(H,27,28)/t21-/m0/s1. The minimum Gasteiger partial charge on any atom is -0.481 e. The Morgan fingerprint density at radius 1 is 1.06 bits per heavy atom. The first-order valence-electron chi connectivity index (χ1n) is 10.7. The topological polar surface area (TPSA) is 105 Å². The van der Waals surface area contributed by atoms with Crippen LogP contribution in [0.3, 0.4) is 0 Å². The molecule has 0 fully saturated rings. The van der Waals surface area contributed by atoms with E-state index >= 15 is 0 Å². The third kappa shape index (κ3) is 6.03. The highest BCUT2D eigenvalue weighted by Crippen LogP contribution is 2.44. The number of rotatable bonds is 11. The molecule has 3 N–H and O–H groups in total. The van der Waals surface area contributed by atoms with Crippen molar-refractivity contribution in [2.24, 2.45) is 0 Å². The molecule has 0 aliphatic heterocycles. The molecule has 0 unspecified atom stereocenters. The number of hydrogen-bond donors (Lipinski definition) is 3. The van der Waals surface area contributed by atoms with Gasteiger partial charge in [0.2, 0.25) is 5.91 Å². The number of benzene rings is 2. The van der Waals surface area contributed by atoms with Gasteiger partial charge in [0.1, 0.15) is 12.6 Å². The highest BCUT2D eigenvalue weighted by Gasteiger charge is 2.29. The van der Waals surface area contributed by atoms with E-state index < -0.39 is 18.1 Å². The predicted molar refractivity (Wildman–Crippen MR) is 125 cm³/mol. The van der Waals surface area contributed by atoms with Crippen LogP contribution in [0.1, 0.15) is 36.8 Å². The van der Waals surface area contributed by atoms with Crippen LogP contribution in [0, 0.1) is 0 Å². The monoisotopic (exact) mass is 456 g/mol. The van der Waals surface area contributed by atoms with Crippen molar-refractivity contribution in [3.8, 4) is 11.1 Å². The van der Waals surface area contributed by atoms with Crippen LogP contribution < -0.4 is 10.6 Å². The quantitative estimate of drug-likeness (QED) is 0.446. The van der Waals surface area contributed by atoms with E-state index in [1.165, 1.54) is 11.8 Å². The second-order valence-electron chi connectivity index (χ2n) is 7.55. The first kappa shape index (κ1) is 23.7. The molecule has 0 spiro atoms. The van der Waals surface area contributed by atoms with Crippen LogP contribution in [0.25, 0.3) is 11.1 Å². The number of aliphatic carboxylic acids is 1. The summed E-state index contributed by atoms with van der Waals surface area (Å²) in [5.41, 5.74) is 4.56. The number of amides is 2. The Balaban J connectivity index is 1.53. The smallest absolute Gasteiger partial charge is 0.407 e. The van der Waals surface area contributed by atoms with Gasteiger partial charge in [0.15, 0.2) is 0 Å². The van der Waals surface area contributed by atoms with Crippen LogP contribution in [0.4, 0.5) is 4.79 Å². The molecule has 7 nitrogen and oxygen atoms in total. The van der Waals surface area contributed by atoms with Crippen LogP contribution in [0.5, 0.6) is 0 Å². The Labute approximate surface area is 191 Å². The van der Waals surface area contributed by atoms with Gasteiger partial charge in [-0.1, -0.05) is 61.9 Å². The molecule has 8 heteroatoms. The number of thioether (sulfide) groups is 1. The normalized spacial score (nSPS) is 13.0. The van der Waals surface area contributed by atoms with Crippen LogP contribution in [0.15, 0.2) is 48.5 Å². The van der Waals surface area contributed by atoms with Gasteiger partial charge in [0, 0.05) is 18.2 Å². The molecule has 0 heterocycles. The molecular formula is C24H28N2O5S. The lowest BCUT2D eigenvalue weighted by Gasteiger charge is -2.19. The molecule has 0 radical (unpaired) electrons. The molecule has 2 amide bonds. The van der Waals surface area contributed by atoms with Gasteiger partial charge in [0.05, 0.1) is 5.75 Å². The van der Waals surface area contributed by atoms with E-state index in [9.17, 15) is 14.4 Å². The second kappa shape index (κ2) is 11.6. The summed E-state index contributed by atoms with van der Waals surface area (Å²) in [6.45, 7) is 2.46. The summed E-state index contributed by atoms with van der Waals surface area (Å²) in [5, 5.41) is 14.1. The Hall–Kier alpha value is -3.00. The summed E-state index contributed by atoms with van der Waals surface area (Å²) in [5.74, 6) is -0.745. The van der Waals surface area contributed by atoms with Gasteiger partial charge < -0.3 is 20.5 Å². The molecule has 1 atom stereocenters. The number of alkyl carbamates (subject to hydrolysis) is 1. The van der Waals surface area contributed by atoms with Gasteiger partial charge in [-0.2, -0.15) is 0 Å². The summed E-state index contributed by atoms with van der Waals surface area (Å²) < 4.78 is 5.54. The van der Waals surface area contributed by atoms with E-state index in [2.05, 4.69) is 34.9 Å². The number of carboxylic acids is 1. The Morgan fingerprint density at radius 3 is 2.28 bits per heavy atom. The van der Waals surface area contributed by atoms with Crippen molar-refractivity contribution in [3.05, 3.63) is 59.7 Å². The third-order valence-corrected chi connectivity index (χ3v) is 6.24. The fraction of sp³-hybridized carbons (Fsp3) is 0.375. The Morgan fingerprint density at radius 2 is 1.69 bits per heavy atom. The van der Waals surface area contributed by atoms with Crippen molar-refractivity contribution in [1.29, 1.82) is 0 Å². The fourth-order valence-electron chi connectivity index (χ4n) is 3.87. The molecular weight excluding hydrogens is 428 g/mol. The molecule has 3 rings (SSSR count). The number of ether oxygens (including phenoxy) is 1. The molecule has 1 aliphatic carbocycles. The summed E-state index contributed by atoms with van der Waals surface area (Å²) in [4.78, 5) is 35.5. The van der Waals surface area contributed by atoms with Gasteiger partial charge in [-0.25, -0.2) is 4.79 Å². The van der Waals surface area contributed by atoms with E-state index in [1.807, 2.05) is 31.2 Å². The van der Waals surface area contributed by atoms with E-state index in [-0.39, 0.29) is 24.2 Å². The lowest BCUT2D eigenvalue weighted by Crippen LogP contribution is -2.47. The first-order chi connectivity index (χ1) is 15.5. The fourth-order valence-corrected chi connectivity index (χ4v) is 4.43. The average molecular weight is 457 g/mol. The summed E-state index contributed by atoms with van der Waals surface area (Å²) in [6, 6.07) is 15.5. The number of hydrogen-bond acceptors (Lipinski definition) is 5. The van der Waals surface area contributed by atoms with E-state index in [0.29, 0.717) is 18.7 Å². The highest BCUT2D eigenvalue weighted by atomic mass is 32.2. The number of carbonyl (C=O) groups is 3. The highest BCUT2D eigenvalue weighted by molar-refractivity contribution is 7.99. The first-order valence-corrected chi connectivity index (χ1v) is 11.9. The minimum atomic E-state index is -0.887. The molecule has 0 aromatic heterocycles. The van der Waals surface area contributed by atoms with Crippen molar-refractivity contribution >= 4 is 29.7 Å². The van der Waals surface area contributed by atoms with Crippen molar-refractivity contribution < 1.29 is 24.2 Å². The molecule has 2 aromatic carbocycles. The lowest BCUT2D eigenvalue weighted by molar-refractivity contribution is -0.133. The maximum atomic E-state index is 12.5. The lowest BCUT2D eigenvalue weighted by atomic mass is 9.98. The maximum Gasteiger partial charge on any atom is 0.407 e. The van der Waals surface area contributed by atoms with Gasteiger partial charge in [-0.15, -0.1) is 11.8 Å². The zero-order chi connectivity index (χ0) is 22.9. The van der Waals surface area contributed by atoms with Crippen molar-refractivity contribution in [2.45, 2.75) is 31.7 Å². The van der Waals surface area contributed by atoms with E-state index in [0.717, 1.165) is 28.7 Å². The Bertz CT molecular complexity index is 919. The molecule has 0 saturated heterocycles. The maximum absolute atomic E-state index is 12.5. The number of carboxylic acid groups (broad SMARTS) is 1. The number of nitrogens with one attached hydrogen (secondary N) is 2. The van der Waals surface area contributed by atoms with Crippen LogP contribution in [-0.2, 0) is 14.3 Å². The Kier molecular flexibility index (Phi) is 8.56. The van der Waals surface area contributed by atoms with Crippen molar-refractivity contribution in [2.75, 3.05) is 24.7 Å². The van der Waals surface area contributed by atoms with E-state index in [4.69, 9.17) is 9.84 Å². The molecule has 2 aromatic rings. The number of fused-ring (bicyclic) bond motifs is 3. The molecule has 0 bridgehead atoms. The summed E-state index contributed by atoms with van der Waals surface area (Å²) >= 11 is 1.23. The zero-order valence-corrected chi connectivity index (χ0v) is 18.8. The van der Waals surface area contributed by atoms with Crippen molar-refractivity contribution in [1.82, 2.24) is 10.6 Å². The molecule has 170 valence electrons. The van der Waals surface area contributed by atoms with Crippen LogP contribution in [-0.4, -0.2) is 53.8 Å². The second-order valence-corrected chi connectivity index (χ2v) is 8.65. The van der Waals surface area contributed by atoms with Crippen LogP contribution >= 0.6 is 11.8 Å². The van der Waals surface area contributed by atoms with Gasteiger partial charge in [0.25, 0.3) is 0 Å². The summed E-state index contributed by atoms with van der Waals surface area (Å²) in [6.07, 6.45) is 0.578. The van der Waals surface area contributed by atoms with Gasteiger partial charge >= 0.3 is 12.1 Å². The predicted octanol–water partition coefficient (Wildman–Crippen LogP) is 3.63. The SMILES string of the molecule is CCC[C@H](NC(=O)OCC1c2ccccc2-c2ccccc21)C(=O)NCCSCC(=O)O.